The number of halogens is 3. The topological polar surface area (TPSA) is 80.3 Å². The fraction of sp³-hybridized carbons (Fsp3) is 0.133. The highest BCUT2D eigenvalue weighted by molar-refractivity contribution is 6.00. The number of amides is 2. The Balaban J connectivity index is 2.01. The summed E-state index contributed by atoms with van der Waals surface area (Å²) in [5.41, 5.74) is 4.31. The lowest BCUT2D eigenvalue weighted by Crippen LogP contribution is -2.41. The molecule has 0 spiro atoms. The SMILES string of the molecule is O=C(NNC(=O)c1cccnc1OCC(F)(F)F)c1ccccc1. The molecule has 0 aliphatic carbocycles. The van der Waals surface area contributed by atoms with Gasteiger partial charge in [0.25, 0.3) is 11.8 Å². The lowest BCUT2D eigenvalue weighted by Gasteiger charge is -2.12. The summed E-state index contributed by atoms with van der Waals surface area (Å²) < 4.78 is 41.1. The van der Waals surface area contributed by atoms with Crippen LogP contribution in [0.2, 0.25) is 0 Å². The van der Waals surface area contributed by atoms with E-state index in [4.69, 9.17) is 0 Å². The maximum Gasteiger partial charge on any atom is 0.422 e. The van der Waals surface area contributed by atoms with Crippen LogP contribution in [-0.2, 0) is 0 Å². The van der Waals surface area contributed by atoms with Crippen LogP contribution < -0.4 is 15.6 Å². The molecule has 0 atom stereocenters. The first-order valence-electron chi connectivity index (χ1n) is 6.67. The predicted octanol–water partition coefficient (Wildman–Crippen LogP) is 2.10. The number of carbonyl (C=O) groups is 2. The Labute approximate surface area is 134 Å². The standard InChI is InChI=1S/C15H12F3N3O3/c16-15(17,18)9-24-14-11(7-4-8-19-14)13(23)21-20-12(22)10-5-2-1-3-6-10/h1-8H,9H2,(H,20,22)(H,21,23). The number of benzene rings is 1. The van der Waals surface area contributed by atoms with Crippen molar-refractivity contribution in [3.8, 4) is 5.88 Å². The van der Waals surface area contributed by atoms with Gasteiger partial charge in [0.05, 0.1) is 0 Å². The van der Waals surface area contributed by atoms with Gasteiger partial charge in [-0.1, -0.05) is 18.2 Å². The summed E-state index contributed by atoms with van der Waals surface area (Å²) in [5, 5.41) is 0. The molecular weight excluding hydrogens is 327 g/mol. The van der Waals surface area contributed by atoms with Crippen molar-refractivity contribution in [1.29, 1.82) is 0 Å². The molecule has 24 heavy (non-hydrogen) atoms. The summed E-state index contributed by atoms with van der Waals surface area (Å²) in [4.78, 5) is 27.4. The van der Waals surface area contributed by atoms with Crippen molar-refractivity contribution in [1.82, 2.24) is 15.8 Å². The average Bonchev–Trinajstić information content (AvgIpc) is 2.58. The van der Waals surface area contributed by atoms with Crippen LogP contribution in [0.4, 0.5) is 13.2 Å². The Hall–Kier alpha value is -3.10. The van der Waals surface area contributed by atoms with Gasteiger partial charge >= 0.3 is 6.18 Å². The minimum absolute atomic E-state index is 0.241. The van der Waals surface area contributed by atoms with E-state index in [9.17, 15) is 22.8 Å². The molecule has 2 N–H and O–H groups in total. The van der Waals surface area contributed by atoms with E-state index in [1.807, 2.05) is 0 Å². The number of carbonyl (C=O) groups excluding carboxylic acids is 2. The number of hydrogen-bond acceptors (Lipinski definition) is 4. The first-order chi connectivity index (χ1) is 11.4. The van der Waals surface area contributed by atoms with Crippen LogP contribution in [0.25, 0.3) is 0 Å². The number of hydrogen-bond donors (Lipinski definition) is 2. The Kier molecular flexibility index (Phi) is 5.35. The molecule has 0 radical (unpaired) electrons. The highest BCUT2D eigenvalue weighted by atomic mass is 19.4. The van der Waals surface area contributed by atoms with E-state index in [2.05, 4.69) is 20.6 Å². The highest BCUT2D eigenvalue weighted by Crippen LogP contribution is 2.19. The summed E-state index contributed by atoms with van der Waals surface area (Å²) in [6, 6.07) is 10.6. The molecule has 2 rings (SSSR count). The number of nitrogens with zero attached hydrogens (tertiary/aromatic N) is 1. The van der Waals surface area contributed by atoms with Gasteiger partial charge in [-0.2, -0.15) is 13.2 Å². The minimum Gasteiger partial charge on any atom is -0.467 e. The molecule has 1 aromatic heterocycles. The zero-order valence-electron chi connectivity index (χ0n) is 12.1. The molecule has 2 aromatic rings. The summed E-state index contributed by atoms with van der Waals surface area (Å²) in [6.45, 7) is -1.58. The maximum atomic E-state index is 12.2. The van der Waals surface area contributed by atoms with E-state index < -0.39 is 30.5 Å². The number of ether oxygens (including phenoxy) is 1. The minimum atomic E-state index is -4.56. The molecule has 0 fully saturated rings. The van der Waals surface area contributed by atoms with Gasteiger partial charge in [-0.15, -0.1) is 0 Å². The van der Waals surface area contributed by atoms with Gasteiger partial charge in [-0.3, -0.25) is 20.4 Å². The Morgan fingerprint density at radius 2 is 1.67 bits per heavy atom. The summed E-state index contributed by atoms with van der Waals surface area (Å²) in [6.07, 6.45) is -3.38. The first kappa shape index (κ1) is 17.3. The molecular formula is C15H12F3N3O3. The van der Waals surface area contributed by atoms with Crippen LogP contribution in [0.1, 0.15) is 20.7 Å². The first-order valence-corrected chi connectivity index (χ1v) is 6.67. The second-order valence-corrected chi connectivity index (χ2v) is 4.53. The van der Waals surface area contributed by atoms with Crippen LogP contribution in [0.5, 0.6) is 5.88 Å². The second kappa shape index (κ2) is 7.44. The third-order valence-corrected chi connectivity index (χ3v) is 2.71. The third kappa shape index (κ3) is 4.97. The Morgan fingerprint density at radius 3 is 2.33 bits per heavy atom. The molecule has 0 unspecified atom stereocenters. The van der Waals surface area contributed by atoms with E-state index in [0.717, 1.165) is 0 Å². The van der Waals surface area contributed by atoms with Gasteiger partial charge in [0.15, 0.2) is 6.61 Å². The maximum absolute atomic E-state index is 12.2. The van der Waals surface area contributed by atoms with Crippen LogP contribution in [0.3, 0.4) is 0 Å². The Bertz CT molecular complexity index is 721. The molecule has 0 aliphatic heterocycles. The number of pyridine rings is 1. The van der Waals surface area contributed by atoms with Crippen molar-refractivity contribution in [3.05, 3.63) is 59.8 Å². The van der Waals surface area contributed by atoms with Crippen molar-refractivity contribution in [3.63, 3.8) is 0 Å². The Morgan fingerprint density at radius 1 is 1.00 bits per heavy atom. The van der Waals surface area contributed by atoms with E-state index in [1.165, 1.54) is 30.5 Å². The molecule has 1 heterocycles. The average molecular weight is 339 g/mol. The number of aromatic nitrogens is 1. The molecule has 6 nitrogen and oxygen atoms in total. The molecule has 2 amide bonds. The smallest absolute Gasteiger partial charge is 0.422 e. The third-order valence-electron chi connectivity index (χ3n) is 2.71. The number of alkyl halides is 3. The number of rotatable bonds is 4. The van der Waals surface area contributed by atoms with Gasteiger partial charge in [-0.25, -0.2) is 4.98 Å². The van der Waals surface area contributed by atoms with Gasteiger partial charge < -0.3 is 4.74 Å². The lowest BCUT2D eigenvalue weighted by molar-refractivity contribution is -0.154. The van der Waals surface area contributed by atoms with Crippen molar-refractivity contribution < 1.29 is 27.5 Å². The monoisotopic (exact) mass is 339 g/mol. The number of nitrogens with one attached hydrogen (secondary N) is 2. The van der Waals surface area contributed by atoms with E-state index >= 15 is 0 Å². The normalized spacial score (nSPS) is 10.8. The van der Waals surface area contributed by atoms with Gasteiger partial charge in [-0.05, 0) is 24.3 Å². The van der Waals surface area contributed by atoms with Crippen molar-refractivity contribution in [2.24, 2.45) is 0 Å². The van der Waals surface area contributed by atoms with Crippen LogP contribution in [0.15, 0.2) is 48.7 Å². The van der Waals surface area contributed by atoms with Crippen molar-refractivity contribution in [2.45, 2.75) is 6.18 Å². The highest BCUT2D eigenvalue weighted by Gasteiger charge is 2.29. The molecule has 0 saturated heterocycles. The number of hydrazine groups is 1. The fourth-order valence-electron chi connectivity index (χ4n) is 1.67. The largest absolute Gasteiger partial charge is 0.467 e. The lowest BCUT2D eigenvalue weighted by atomic mass is 10.2. The summed E-state index contributed by atoms with van der Waals surface area (Å²) >= 11 is 0. The summed E-state index contributed by atoms with van der Waals surface area (Å²) in [5.74, 6) is -1.92. The van der Waals surface area contributed by atoms with Crippen LogP contribution in [-0.4, -0.2) is 29.6 Å². The summed E-state index contributed by atoms with van der Waals surface area (Å²) in [7, 11) is 0. The molecule has 126 valence electrons. The molecule has 1 aromatic carbocycles. The van der Waals surface area contributed by atoms with Crippen LogP contribution in [0, 0.1) is 0 Å². The molecule has 0 saturated carbocycles. The van der Waals surface area contributed by atoms with Gasteiger partial charge in [0, 0.05) is 11.8 Å². The van der Waals surface area contributed by atoms with E-state index in [-0.39, 0.29) is 5.56 Å². The predicted molar refractivity (Wildman–Crippen MR) is 77.2 cm³/mol. The second-order valence-electron chi connectivity index (χ2n) is 4.53. The van der Waals surface area contributed by atoms with E-state index in [0.29, 0.717) is 5.56 Å². The van der Waals surface area contributed by atoms with Crippen molar-refractivity contribution in [2.75, 3.05) is 6.61 Å². The molecule has 0 bridgehead atoms. The van der Waals surface area contributed by atoms with Crippen molar-refractivity contribution >= 4 is 11.8 Å². The van der Waals surface area contributed by atoms with Gasteiger partial charge in [0.1, 0.15) is 5.56 Å². The van der Waals surface area contributed by atoms with Gasteiger partial charge in [0.2, 0.25) is 5.88 Å². The zero-order valence-corrected chi connectivity index (χ0v) is 12.1. The molecule has 9 heteroatoms. The fourth-order valence-corrected chi connectivity index (χ4v) is 1.67. The quantitative estimate of drug-likeness (QED) is 0.836. The van der Waals surface area contributed by atoms with E-state index in [1.54, 1.807) is 18.2 Å². The van der Waals surface area contributed by atoms with Crippen LogP contribution >= 0.6 is 0 Å². The molecule has 0 aliphatic rings. The zero-order chi connectivity index (χ0) is 17.6.